The second-order valence-corrected chi connectivity index (χ2v) is 4.14. The monoisotopic (exact) mass is 263 g/mol. The number of aryl methyl sites for hydroxylation is 1. The van der Waals surface area contributed by atoms with Crippen LogP contribution in [0, 0.1) is 6.92 Å². The van der Waals surface area contributed by atoms with Crippen LogP contribution in [-0.4, -0.2) is 31.5 Å². The van der Waals surface area contributed by atoms with Gasteiger partial charge >= 0.3 is 0 Å². The first-order chi connectivity index (χ1) is 9.12. The summed E-state index contributed by atoms with van der Waals surface area (Å²) in [6.07, 6.45) is 0. The Morgan fingerprint density at radius 2 is 1.74 bits per heavy atom. The van der Waals surface area contributed by atoms with Crippen molar-refractivity contribution in [3.63, 3.8) is 0 Å². The van der Waals surface area contributed by atoms with Crippen LogP contribution in [0.5, 0.6) is 11.5 Å². The number of rotatable bonds is 5. The molecule has 0 unspecified atom stereocenters. The van der Waals surface area contributed by atoms with E-state index in [2.05, 4.69) is 10.2 Å². The van der Waals surface area contributed by atoms with E-state index in [0.717, 1.165) is 17.2 Å². The van der Waals surface area contributed by atoms with E-state index in [1.54, 1.807) is 21.1 Å². The van der Waals surface area contributed by atoms with Crippen LogP contribution in [0.25, 0.3) is 0 Å². The summed E-state index contributed by atoms with van der Waals surface area (Å²) in [6.45, 7) is 2.29. The maximum absolute atomic E-state index is 5.36. The van der Waals surface area contributed by atoms with E-state index < -0.39 is 0 Å². The number of anilines is 1. The van der Waals surface area contributed by atoms with Crippen LogP contribution in [0.2, 0.25) is 0 Å². The van der Waals surface area contributed by atoms with Crippen LogP contribution in [-0.2, 0) is 6.54 Å². The molecule has 0 atom stereocenters. The first-order valence-electron chi connectivity index (χ1n) is 5.85. The zero-order valence-electron chi connectivity index (χ0n) is 11.5. The fourth-order valence-corrected chi connectivity index (χ4v) is 1.71. The molecule has 0 aliphatic rings. The number of nitrogens with zero attached hydrogens (tertiary/aromatic N) is 3. The van der Waals surface area contributed by atoms with Gasteiger partial charge in [-0.15, -0.1) is 10.2 Å². The normalized spacial score (nSPS) is 10.3. The summed E-state index contributed by atoms with van der Waals surface area (Å²) in [4.78, 5) is 1.98. The van der Waals surface area contributed by atoms with Crippen molar-refractivity contribution in [2.75, 3.05) is 26.2 Å². The molecule has 1 aromatic heterocycles. The zero-order chi connectivity index (χ0) is 13.8. The lowest BCUT2D eigenvalue weighted by molar-refractivity contribution is 0.394. The summed E-state index contributed by atoms with van der Waals surface area (Å²) in [5, 5.41) is 7.78. The zero-order valence-corrected chi connectivity index (χ0v) is 11.5. The maximum atomic E-state index is 5.36. The van der Waals surface area contributed by atoms with Gasteiger partial charge in [-0.1, -0.05) is 0 Å². The lowest BCUT2D eigenvalue weighted by atomic mass is 10.2. The second-order valence-electron chi connectivity index (χ2n) is 4.14. The Labute approximate surface area is 112 Å². The van der Waals surface area contributed by atoms with Crippen LogP contribution in [0.4, 0.5) is 5.69 Å². The minimum absolute atomic E-state index is 0.525. The molecule has 2 aromatic rings. The molecular formula is C13H17N3O3. The first kappa shape index (κ1) is 13.2. The SMILES string of the molecule is COc1cc(OC)cc(N(C)Cc2nnc(C)o2)c1. The summed E-state index contributed by atoms with van der Waals surface area (Å²) in [5.41, 5.74) is 0.951. The molecule has 0 saturated heterocycles. The highest BCUT2D eigenvalue weighted by molar-refractivity contribution is 5.55. The Balaban J connectivity index is 2.20. The third-order valence-corrected chi connectivity index (χ3v) is 2.72. The summed E-state index contributed by atoms with van der Waals surface area (Å²) in [6, 6.07) is 5.67. The Kier molecular flexibility index (Phi) is 3.89. The van der Waals surface area contributed by atoms with Crippen molar-refractivity contribution in [3.8, 4) is 11.5 Å². The molecule has 1 heterocycles. The summed E-state index contributed by atoms with van der Waals surface area (Å²) in [7, 11) is 5.19. The highest BCUT2D eigenvalue weighted by Crippen LogP contribution is 2.28. The van der Waals surface area contributed by atoms with Gasteiger partial charge in [-0.2, -0.15) is 0 Å². The first-order valence-corrected chi connectivity index (χ1v) is 5.85. The Bertz CT molecular complexity index is 532. The van der Waals surface area contributed by atoms with E-state index in [-0.39, 0.29) is 0 Å². The Morgan fingerprint density at radius 3 is 2.21 bits per heavy atom. The molecule has 0 radical (unpaired) electrons. The molecular weight excluding hydrogens is 246 g/mol. The third-order valence-electron chi connectivity index (χ3n) is 2.72. The van der Waals surface area contributed by atoms with E-state index in [1.807, 2.05) is 30.1 Å². The molecule has 0 spiro atoms. The molecule has 0 saturated carbocycles. The van der Waals surface area contributed by atoms with Gasteiger partial charge in [-0.25, -0.2) is 0 Å². The standard InChI is InChI=1S/C13H17N3O3/c1-9-14-15-13(19-9)8-16(2)10-5-11(17-3)7-12(6-10)18-4/h5-7H,8H2,1-4H3. The molecule has 0 aliphatic carbocycles. The van der Waals surface area contributed by atoms with Crippen molar-refractivity contribution in [3.05, 3.63) is 30.0 Å². The largest absolute Gasteiger partial charge is 0.497 e. The molecule has 1 aromatic carbocycles. The number of hydrogen-bond donors (Lipinski definition) is 0. The predicted octanol–water partition coefficient (Wildman–Crippen LogP) is 2.03. The van der Waals surface area contributed by atoms with Crippen LogP contribution >= 0.6 is 0 Å². The minimum Gasteiger partial charge on any atom is -0.497 e. The number of aromatic nitrogens is 2. The van der Waals surface area contributed by atoms with E-state index in [0.29, 0.717) is 18.3 Å². The van der Waals surface area contributed by atoms with Crippen molar-refractivity contribution >= 4 is 5.69 Å². The van der Waals surface area contributed by atoms with Crippen LogP contribution < -0.4 is 14.4 Å². The minimum atomic E-state index is 0.525. The molecule has 19 heavy (non-hydrogen) atoms. The molecule has 6 heteroatoms. The summed E-state index contributed by atoms with van der Waals surface area (Å²) < 4.78 is 15.8. The van der Waals surface area contributed by atoms with Crippen molar-refractivity contribution in [2.24, 2.45) is 0 Å². The molecule has 0 fully saturated rings. The molecule has 0 N–H and O–H groups in total. The van der Waals surface area contributed by atoms with Gasteiger partial charge < -0.3 is 18.8 Å². The van der Waals surface area contributed by atoms with Crippen molar-refractivity contribution < 1.29 is 13.9 Å². The Hall–Kier alpha value is -2.24. The fraction of sp³-hybridized carbons (Fsp3) is 0.385. The van der Waals surface area contributed by atoms with Crippen LogP contribution in [0.1, 0.15) is 11.8 Å². The lowest BCUT2D eigenvalue weighted by Crippen LogP contribution is -2.16. The third kappa shape index (κ3) is 3.15. The van der Waals surface area contributed by atoms with Gasteiger partial charge in [0.1, 0.15) is 11.5 Å². The summed E-state index contributed by atoms with van der Waals surface area (Å²) >= 11 is 0. The van der Waals surface area contributed by atoms with E-state index in [1.165, 1.54) is 0 Å². The number of methoxy groups -OCH3 is 2. The number of hydrogen-bond acceptors (Lipinski definition) is 6. The maximum Gasteiger partial charge on any atom is 0.235 e. The number of ether oxygens (including phenoxy) is 2. The second kappa shape index (κ2) is 5.60. The quantitative estimate of drug-likeness (QED) is 0.822. The predicted molar refractivity (Wildman–Crippen MR) is 70.7 cm³/mol. The van der Waals surface area contributed by atoms with Crippen LogP contribution in [0.3, 0.4) is 0 Å². The van der Waals surface area contributed by atoms with Gasteiger partial charge in [0.05, 0.1) is 20.8 Å². The van der Waals surface area contributed by atoms with E-state index in [9.17, 15) is 0 Å². The molecule has 2 rings (SSSR count). The summed E-state index contributed by atoms with van der Waals surface area (Å²) in [5.74, 6) is 2.61. The van der Waals surface area contributed by atoms with Gasteiger partial charge in [-0.05, 0) is 0 Å². The van der Waals surface area contributed by atoms with Crippen LogP contribution in [0.15, 0.2) is 22.6 Å². The average molecular weight is 263 g/mol. The van der Waals surface area contributed by atoms with Crippen molar-refractivity contribution in [1.82, 2.24) is 10.2 Å². The highest BCUT2D eigenvalue weighted by atomic mass is 16.5. The molecule has 6 nitrogen and oxygen atoms in total. The van der Waals surface area contributed by atoms with Gasteiger partial charge in [0.15, 0.2) is 0 Å². The fourth-order valence-electron chi connectivity index (χ4n) is 1.71. The molecule has 0 bridgehead atoms. The lowest BCUT2D eigenvalue weighted by Gasteiger charge is -2.18. The van der Waals surface area contributed by atoms with Crippen molar-refractivity contribution in [1.29, 1.82) is 0 Å². The van der Waals surface area contributed by atoms with Gasteiger partial charge in [0, 0.05) is 37.9 Å². The highest BCUT2D eigenvalue weighted by Gasteiger charge is 2.10. The van der Waals surface area contributed by atoms with Gasteiger partial charge in [0.2, 0.25) is 11.8 Å². The molecule has 0 amide bonds. The average Bonchev–Trinajstić information content (AvgIpc) is 2.83. The van der Waals surface area contributed by atoms with Gasteiger partial charge in [-0.3, -0.25) is 0 Å². The topological polar surface area (TPSA) is 60.6 Å². The molecule has 0 aliphatic heterocycles. The smallest absolute Gasteiger partial charge is 0.235 e. The number of benzene rings is 1. The molecule has 102 valence electrons. The van der Waals surface area contributed by atoms with E-state index in [4.69, 9.17) is 13.9 Å². The van der Waals surface area contributed by atoms with Gasteiger partial charge in [0.25, 0.3) is 0 Å². The van der Waals surface area contributed by atoms with E-state index >= 15 is 0 Å². The van der Waals surface area contributed by atoms with Crippen molar-refractivity contribution in [2.45, 2.75) is 13.5 Å². The Morgan fingerprint density at radius 1 is 1.11 bits per heavy atom.